The van der Waals surface area contributed by atoms with Gasteiger partial charge in [-0.3, -0.25) is 4.79 Å². The van der Waals surface area contributed by atoms with E-state index in [0.29, 0.717) is 12.0 Å². The summed E-state index contributed by atoms with van der Waals surface area (Å²) in [4.78, 5) is 29.9. The fourth-order valence-electron chi connectivity index (χ4n) is 3.64. The van der Waals surface area contributed by atoms with Crippen LogP contribution in [0.1, 0.15) is 52.8 Å². The standard InChI is InChI=1S/C21H28N6O/c1-13-14(2)22-19(21(28)26(3)4)25-20(13)27-11-10-16(12-27)23-18-7-5-6-17(24-18)15-8-9-15/h5-7,15-16H,8-12H2,1-4H3,(H,23,24)/t16-/m1/s1. The fraction of sp³-hybridized carbons (Fsp3) is 0.524. The van der Waals surface area contributed by atoms with Crippen molar-refractivity contribution in [2.75, 3.05) is 37.4 Å². The highest BCUT2D eigenvalue weighted by molar-refractivity contribution is 5.90. The summed E-state index contributed by atoms with van der Waals surface area (Å²) in [6.45, 7) is 5.69. The van der Waals surface area contributed by atoms with Crippen LogP contribution in [0.3, 0.4) is 0 Å². The average molecular weight is 380 g/mol. The minimum atomic E-state index is -0.167. The van der Waals surface area contributed by atoms with E-state index in [4.69, 9.17) is 4.98 Å². The molecule has 0 unspecified atom stereocenters. The number of rotatable bonds is 5. The highest BCUT2D eigenvalue weighted by Gasteiger charge is 2.28. The number of hydrogen-bond acceptors (Lipinski definition) is 6. The zero-order valence-corrected chi connectivity index (χ0v) is 17.1. The Morgan fingerprint density at radius 1 is 1.14 bits per heavy atom. The lowest BCUT2D eigenvalue weighted by molar-refractivity contribution is 0.0815. The first-order valence-electron chi connectivity index (χ1n) is 9.97. The summed E-state index contributed by atoms with van der Waals surface area (Å²) in [6, 6.07) is 6.57. The molecule has 1 amide bonds. The Kier molecular flexibility index (Phi) is 4.91. The Morgan fingerprint density at radius 3 is 2.64 bits per heavy atom. The van der Waals surface area contributed by atoms with Crippen LogP contribution in [0.5, 0.6) is 0 Å². The van der Waals surface area contributed by atoms with Crippen molar-refractivity contribution in [1.82, 2.24) is 19.9 Å². The van der Waals surface area contributed by atoms with E-state index in [9.17, 15) is 4.79 Å². The summed E-state index contributed by atoms with van der Waals surface area (Å²) >= 11 is 0. The molecule has 1 N–H and O–H groups in total. The van der Waals surface area contributed by atoms with Crippen LogP contribution < -0.4 is 10.2 Å². The molecular weight excluding hydrogens is 352 g/mol. The third kappa shape index (κ3) is 3.79. The summed E-state index contributed by atoms with van der Waals surface area (Å²) in [7, 11) is 3.44. The predicted molar refractivity (Wildman–Crippen MR) is 110 cm³/mol. The molecule has 1 aliphatic heterocycles. The molecule has 148 valence electrons. The molecule has 0 bridgehead atoms. The molecule has 1 aliphatic carbocycles. The molecule has 2 aromatic rings. The maximum Gasteiger partial charge on any atom is 0.291 e. The fourth-order valence-corrected chi connectivity index (χ4v) is 3.64. The van der Waals surface area contributed by atoms with Crippen LogP contribution in [0.15, 0.2) is 18.2 Å². The van der Waals surface area contributed by atoms with E-state index in [2.05, 4.69) is 32.3 Å². The van der Waals surface area contributed by atoms with E-state index < -0.39 is 0 Å². The van der Waals surface area contributed by atoms with Crippen molar-refractivity contribution in [2.24, 2.45) is 0 Å². The van der Waals surface area contributed by atoms with Crippen LogP contribution in [0, 0.1) is 13.8 Å². The molecule has 4 rings (SSSR count). The summed E-state index contributed by atoms with van der Waals surface area (Å²) in [6.07, 6.45) is 3.52. The van der Waals surface area contributed by atoms with Gasteiger partial charge in [0, 0.05) is 56.1 Å². The molecule has 0 radical (unpaired) electrons. The van der Waals surface area contributed by atoms with Gasteiger partial charge in [0.1, 0.15) is 11.6 Å². The first kappa shape index (κ1) is 18.7. The molecule has 1 saturated carbocycles. The van der Waals surface area contributed by atoms with Crippen molar-refractivity contribution in [3.05, 3.63) is 41.0 Å². The van der Waals surface area contributed by atoms with Gasteiger partial charge in [0.15, 0.2) is 0 Å². The van der Waals surface area contributed by atoms with Crippen molar-refractivity contribution in [1.29, 1.82) is 0 Å². The van der Waals surface area contributed by atoms with Gasteiger partial charge < -0.3 is 15.1 Å². The van der Waals surface area contributed by atoms with Gasteiger partial charge in [-0.05, 0) is 45.2 Å². The summed E-state index contributed by atoms with van der Waals surface area (Å²) < 4.78 is 0. The Morgan fingerprint density at radius 2 is 1.93 bits per heavy atom. The lowest BCUT2D eigenvalue weighted by atomic mass is 10.2. The first-order valence-corrected chi connectivity index (χ1v) is 9.97. The topological polar surface area (TPSA) is 74.2 Å². The highest BCUT2D eigenvalue weighted by atomic mass is 16.2. The lowest BCUT2D eigenvalue weighted by Crippen LogP contribution is -2.30. The molecule has 0 aromatic carbocycles. The second-order valence-electron chi connectivity index (χ2n) is 8.08. The highest BCUT2D eigenvalue weighted by Crippen LogP contribution is 2.39. The molecule has 7 nitrogen and oxygen atoms in total. The lowest BCUT2D eigenvalue weighted by Gasteiger charge is -2.22. The molecule has 2 aliphatic rings. The normalized spacial score (nSPS) is 19.0. The number of aromatic nitrogens is 3. The minimum absolute atomic E-state index is 0.167. The summed E-state index contributed by atoms with van der Waals surface area (Å²) in [5.74, 6) is 2.57. The number of pyridine rings is 1. The molecule has 28 heavy (non-hydrogen) atoms. The third-order valence-electron chi connectivity index (χ3n) is 5.57. The van der Waals surface area contributed by atoms with Gasteiger partial charge in [-0.25, -0.2) is 15.0 Å². The van der Waals surface area contributed by atoms with Crippen LogP contribution in [-0.2, 0) is 0 Å². The van der Waals surface area contributed by atoms with Gasteiger partial charge >= 0.3 is 0 Å². The SMILES string of the molecule is Cc1nc(C(=O)N(C)C)nc(N2CC[C@@H](Nc3cccc(C4CC4)n3)C2)c1C. The van der Waals surface area contributed by atoms with Gasteiger partial charge in [-0.1, -0.05) is 6.07 Å². The van der Waals surface area contributed by atoms with E-state index in [1.807, 2.05) is 19.9 Å². The van der Waals surface area contributed by atoms with Crippen LogP contribution in [0.4, 0.5) is 11.6 Å². The quantitative estimate of drug-likeness (QED) is 0.860. The monoisotopic (exact) mass is 380 g/mol. The molecule has 1 atom stereocenters. The zero-order chi connectivity index (χ0) is 19.8. The third-order valence-corrected chi connectivity index (χ3v) is 5.57. The Bertz CT molecular complexity index is 892. The van der Waals surface area contributed by atoms with Crippen LogP contribution in [0.25, 0.3) is 0 Å². The number of carbonyl (C=O) groups is 1. The smallest absolute Gasteiger partial charge is 0.291 e. The van der Waals surface area contributed by atoms with Crippen molar-refractivity contribution in [2.45, 2.75) is 45.1 Å². The van der Waals surface area contributed by atoms with E-state index in [-0.39, 0.29) is 11.7 Å². The van der Waals surface area contributed by atoms with E-state index in [1.165, 1.54) is 23.4 Å². The number of carbonyl (C=O) groups excluding carboxylic acids is 1. The molecule has 1 saturated heterocycles. The number of nitrogens with one attached hydrogen (secondary N) is 1. The maximum atomic E-state index is 12.3. The largest absolute Gasteiger partial charge is 0.365 e. The summed E-state index contributed by atoms with van der Waals surface area (Å²) in [5.41, 5.74) is 3.09. The van der Waals surface area contributed by atoms with Gasteiger partial charge in [-0.15, -0.1) is 0 Å². The second-order valence-corrected chi connectivity index (χ2v) is 8.08. The number of anilines is 2. The Hall–Kier alpha value is -2.70. The van der Waals surface area contributed by atoms with Crippen molar-refractivity contribution in [3.63, 3.8) is 0 Å². The first-order chi connectivity index (χ1) is 13.4. The van der Waals surface area contributed by atoms with Gasteiger partial charge in [0.05, 0.1) is 0 Å². The van der Waals surface area contributed by atoms with Crippen LogP contribution >= 0.6 is 0 Å². The Labute approximate surface area is 166 Å². The molecule has 7 heteroatoms. The minimum Gasteiger partial charge on any atom is -0.365 e. The average Bonchev–Trinajstić information content (AvgIpc) is 3.43. The number of amides is 1. The van der Waals surface area contributed by atoms with E-state index in [0.717, 1.165) is 42.4 Å². The van der Waals surface area contributed by atoms with Crippen LogP contribution in [-0.4, -0.2) is 59.0 Å². The molecule has 0 spiro atoms. The van der Waals surface area contributed by atoms with Gasteiger partial charge in [0.25, 0.3) is 5.91 Å². The molecule has 3 heterocycles. The van der Waals surface area contributed by atoms with E-state index in [1.54, 1.807) is 14.1 Å². The number of aryl methyl sites for hydroxylation is 1. The van der Waals surface area contributed by atoms with Crippen molar-refractivity contribution < 1.29 is 4.79 Å². The zero-order valence-electron chi connectivity index (χ0n) is 17.1. The van der Waals surface area contributed by atoms with Gasteiger partial charge in [0.2, 0.25) is 5.82 Å². The molecular formula is C21H28N6O. The van der Waals surface area contributed by atoms with Crippen LogP contribution in [0.2, 0.25) is 0 Å². The number of nitrogens with zero attached hydrogens (tertiary/aromatic N) is 5. The maximum absolute atomic E-state index is 12.3. The second kappa shape index (κ2) is 7.37. The number of hydrogen-bond donors (Lipinski definition) is 1. The molecule has 2 fully saturated rings. The molecule has 2 aromatic heterocycles. The summed E-state index contributed by atoms with van der Waals surface area (Å²) in [5, 5.41) is 3.58. The Balaban J connectivity index is 1.49. The van der Waals surface area contributed by atoms with E-state index >= 15 is 0 Å². The predicted octanol–water partition coefficient (Wildman–Crippen LogP) is 2.76. The van der Waals surface area contributed by atoms with Crippen molar-refractivity contribution >= 4 is 17.5 Å². The van der Waals surface area contributed by atoms with Gasteiger partial charge in [-0.2, -0.15) is 0 Å². The van der Waals surface area contributed by atoms with Crippen molar-refractivity contribution in [3.8, 4) is 0 Å².